The van der Waals surface area contributed by atoms with Crippen molar-refractivity contribution in [3.8, 4) is 22.7 Å². The first kappa shape index (κ1) is 33.7. The number of ether oxygens (including phenoxy) is 2. The maximum absolute atomic E-state index is 15.0. The van der Waals surface area contributed by atoms with Gasteiger partial charge in [-0.15, -0.1) is 0 Å². The van der Waals surface area contributed by atoms with Crippen LogP contribution >= 0.6 is 0 Å². The highest BCUT2D eigenvalue weighted by atomic mass is 19.4. The number of hydrogen-bond acceptors (Lipinski definition) is 10. The SMILES string of the molecule is CCOC(=O)[C@H]1CC2(CCN(c3cc(OC(c4cc(-c5ccc(C(=O)O)cc5)ccc4-n4ccc(C)n4)C(F)(F)F)nc(N)n3)CC2)CN1. The molecule has 12 nitrogen and oxygen atoms in total. The van der Waals surface area contributed by atoms with Crippen LogP contribution in [-0.2, 0) is 9.53 Å². The second kappa shape index (κ2) is 13.4. The highest BCUT2D eigenvalue weighted by Crippen LogP contribution is 2.43. The maximum Gasteiger partial charge on any atom is 0.429 e. The fourth-order valence-corrected chi connectivity index (χ4v) is 6.50. The van der Waals surface area contributed by atoms with E-state index in [-0.39, 0.29) is 46.1 Å². The van der Waals surface area contributed by atoms with Gasteiger partial charge in [0.1, 0.15) is 11.9 Å². The number of halogens is 3. The van der Waals surface area contributed by atoms with Gasteiger partial charge in [0, 0.05) is 37.5 Å². The van der Waals surface area contributed by atoms with E-state index in [0.717, 1.165) is 12.8 Å². The van der Waals surface area contributed by atoms with Gasteiger partial charge in [-0.3, -0.25) is 4.79 Å². The minimum atomic E-state index is -4.90. The van der Waals surface area contributed by atoms with Gasteiger partial charge >= 0.3 is 18.1 Å². The number of aromatic carboxylic acids is 1. The number of aryl methyl sites for hydroxylation is 1. The Morgan fingerprint density at radius 3 is 2.43 bits per heavy atom. The lowest BCUT2D eigenvalue weighted by Crippen LogP contribution is -2.41. The molecule has 1 spiro atoms. The Hall–Kier alpha value is -5.18. The largest absolute Gasteiger partial charge is 0.478 e. The van der Waals surface area contributed by atoms with Crippen molar-refractivity contribution >= 4 is 23.7 Å². The molecule has 4 N–H and O–H groups in total. The topological polar surface area (TPSA) is 158 Å². The molecule has 0 bridgehead atoms. The Balaban J connectivity index is 1.29. The van der Waals surface area contributed by atoms with Crippen LogP contribution in [0.2, 0.25) is 0 Å². The Morgan fingerprint density at radius 1 is 1.08 bits per heavy atom. The number of carboxylic acids is 1. The lowest BCUT2D eigenvalue weighted by molar-refractivity contribution is -0.198. The number of esters is 1. The van der Waals surface area contributed by atoms with E-state index in [1.807, 2.05) is 4.90 Å². The lowest BCUT2D eigenvalue weighted by Gasteiger charge is -2.39. The van der Waals surface area contributed by atoms with Crippen molar-refractivity contribution in [1.82, 2.24) is 25.1 Å². The molecular weight excluding hydrogens is 643 g/mol. The van der Waals surface area contributed by atoms with Crippen molar-refractivity contribution in [2.45, 2.75) is 51.4 Å². The van der Waals surface area contributed by atoms with Crippen LogP contribution in [0.15, 0.2) is 60.8 Å². The molecule has 4 heterocycles. The quantitative estimate of drug-likeness (QED) is 0.202. The van der Waals surface area contributed by atoms with Crippen LogP contribution in [-0.4, -0.2) is 75.3 Å². The van der Waals surface area contributed by atoms with Gasteiger partial charge in [0.25, 0.3) is 0 Å². The van der Waals surface area contributed by atoms with Crippen LogP contribution < -0.4 is 20.7 Å². The molecular formula is C34H36F3N7O5. The van der Waals surface area contributed by atoms with Gasteiger partial charge in [-0.1, -0.05) is 18.2 Å². The molecule has 6 rings (SSSR count). The van der Waals surface area contributed by atoms with E-state index in [2.05, 4.69) is 20.4 Å². The van der Waals surface area contributed by atoms with Gasteiger partial charge < -0.3 is 30.5 Å². The minimum absolute atomic E-state index is 0.0471. The zero-order valence-electron chi connectivity index (χ0n) is 26.9. The lowest BCUT2D eigenvalue weighted by atomic mass is 9.76. The number of carbonyl (C=O) groups excluding carboxylic acids is 1. The van der Waals surface area contributed by atoms with E-state index >= 15 is 0 Å². The molecule has 0 amide bonds. The molecule has 2 aromatic heterocycles. The summed E-state index contributed by atoms with van der Waals surface area (Å²) in [6.07, 6.45) is -3.72. The van der Waals surface area contributed by atoms with E-state index in [9.17, 15) is 27.9 Å². The summed E-state index contributed by atoms with van der Waals surface area (Å²) in [6, 6.07) is 13.0. The number of aromatic nitrogens is 4. The van der Waals surface area contributed by atoms with Gasteiger partial charge in [-0.05, 0) is 80.0 Å². The molecule has 0 saturated carbocycles. The zero-order valence-corrected chi connectivity index (χ0v) is 26.9. The maximum atomic E-state index is 15.0. The van der Waals surface area contributed by atoms with E-state index in [0.29, 0.717) is 55.3 Å². The first-order chi connectivity index (χ1) is 23.3. The smallest absolute Gasteiger partial charge is 0.429 e. The third-order valence-electron chi connectivity index (χ3n) is 9.07. The predicted octanol–water partition coefficient (Wildman–Crippen LogP) is 5.11. The number of alkyl halides is 3. The monoisotopic (exact) mass is 679 g/mol. The standard InChI is InChI=1S/C34H36F3N7O5/c1-3-48-31(47)25-18-33(19-39-25)11-14-43(15-12-33)27-17-28(41-32(38)40-27)49-29(34(35,36)37)24-16-23(21-4-6-22(7-5-21)30(45)46)8-9-26(24)44-13-10-20(2)42-44/h4-10,13,16-17,25,29,39H,3,11-12,14-15,18-19H2,1-2H3,(H,45,46)(H2,38,40,41)/t25-,29?/m1/s1. The van der Waals surface area contributed by atoms with Crippen LogP contribution in [0.1, 0.15) is 53.9 Å². The van der Waals surface area contributed by atoms with Crippen LogP contribution in [0.4, 0.5) is 24.9 Å². The molecule has 2 aliphatic heterocycles. The number of nitrogen functional groups attached to an aromatic ring is 1. The Morgan fingerprint density at radius 2 is 1.80 bits per heavy atom. The van der Waals surface area contributed by atoms with Crippen LogP contribution in [0.3, 0.4) is 0 Å². The summed E-state index contributed by atoms with van der Waals surface area (Å²) in [4.78, 5) is 33.9. The second-order valence-corrected chi connectivity index (χ2v) is 12.4. The number of nitrogens with two attached hydrogens (primary N) is 1. The van der Waals surface area contributed by atoms with Crippen LogP contribution in [0, 0.1) is 12.3 Å². The number of rotatable bonds is 9. The highest BCUT2D eigenvalue weighted by molar-refractivity contribution is 5.88. The first-order valence-corrected chi connectivity index (χ1v) is 15.9. The zero-order chi connectivity index (χ0) is 34.9. The summed E-state index contributed by atoms with van der Waals surface area (Å²) in [7, 11) is 0. The number of carboxylic acid groups (broad SMARTS) is 1. The molecule has 4 aromatic rings. The summed E-state index contributed by atoms with van der Waals surface area (Å²) in [5.41, 5.74) is 7.38. The highest BCUT2D eigenvalue weighted by Gasteiger charge is 2.46. The van der Waals surface area contributed by atoms with E-state index in [1.165, 1.54) is 47.1 Å². The van der Waals surface area contributed by atoms with Crippen LogP contribution in [0.5, 0.6) is 5.88 Å². The average molecular weight is 680 g/mol. The molecule has 49 heavy (non-hydrogen) atoms. The molecule has 0 aliphatic carbocycles. The third-order valence-corrected chi connectivity index (χ3v) is 9.07. The predicted molar refractivity (Wildman–Crippen MR) is 173 cm³/mol. The summed E-state index contributed by atoms with van der Waals surface area (Å²) in [5, 5.41) is 16.9. The van der Waals surface area contributed by atoms with Crippen molar-refractivity contribution in [2.24, 2.45) is 5.41 Å². The molecule has 15 heteroatoms. The third kappa shape index (κ3) is 7.31. The van der Waals surface area contributed by atoms with Crippen molar-refractivity contribution in [3.63, 3.8) is 0 Å². The fraction of sp³-hybridized carbons (Fsp3) is 0.382. The van der Waals surface area contributed by atoms with Crippen molar-refractivity contribution in [3.05, 3.63) is 77.6 Å². The van der Waals surface area contributed by atoms with Crippen molar-refractivity contribution in [1.29, 1.82) is 0 Å². The molecule has 1 unspecified atom stereocenters. The van der Waals surface area contributed by atoms with Gasteiger partial charge in [0.2, 0.25) is 17.9 Å². The second-order valence-electron chi connectivity index (χ2n) is 12.4. The normalized spacial score (nSPS) is 18.0. The number of nitrogens with one attached hydrogen (secondary N) is 1. The van der Waals surface area contributed by atoms with Crippen LogP contribution in [0.25, 0.3) is 16.8 Å². The number of nitrogens with zero attached hydrogens (tertiary/aromatic N) is 5. The fourth-order valence-electron chi connectivity index (χ4n) is 6.50. The first-order valence-electron chi connectivity index (χ1n) is 15.9. The summed E-state index contributed by atoms with van der Waals surface area (Å²) in [5.74, 6) is -1.64. The number of anilines is 2. The molecule has 0 radical (unpaired) electrons. The number of benzene rings is 2. The summed E-state index contributed by atoms with van der Waals surface area (Å²) < 4.78 is 57.2. The van der Waals surface area contributed by atoms with Crippen molar-refractivity contribution < 1.29 is 37.3 Å². The summed E-state index contributed by atoms with van der Waals surface area (Å²) in [6.45, 7) is 5.55. The average Bonchev–Trinajstić information content (AvgIpc) is 3.69. The van der Waals surface area contributed by atoms with Crippen molar-refractivity contribution in [2.75, 3.05) is 36.9 Å². The molecule has 2 saturated heterocycles. The number of hydrogen-bond donors (Lipinski definition) is 3. The molecule has 2 fully saturated rings. The number of carbonyl (C=O) groups is 2. The van der Waals surface area contributed by atoms with Gasteiger partial charge in [0.15, 0.2) is 0 Å². The molecule has 2 atom stereocenters. The minimum Gasteiger partial charge on any atom is -0.478 e. The number of piperidine rings is 1. The van der Waals surface area contributed by atoms with E-state index in [4.69, 9.17) is 15.2 Å². The Labute approximate surface area is 280 Å². The van der Waals surface area contributed by atoms with Gasteiger partial charge in [-0.2, -0.15) is 28.2 Å². The van der Waals surface area contributed by atoms with Gasteiger partial charge in [-0.25, -0.2) is 9.48 Å². The van der Waals surface area contributed by atoms with E-state index < -0.39 is 18.2 Å². The molecule has 2 aromatic carbocycles. The molecule has 2 aliphatic rings. The van der Waals surface area contributed by atoms with E-state index in [1.54, 1.807) is 32.2 Å². The van der Waals surface area contributed by atoms with Gasteiger partial charge in [0.05, 0.1) is 23.6 Å². The summed E-state index contributed by atoms with van der Waals surface area (Å²) >= 11 is 0. The molecule has 258 valence electrons. The Kier molecular flexibility index (Phi) is 9.20. The Bertz CT molecular complexity index is 1840.